The number of nitrogens with two attached hydrogens (primary N) is 1. The molecule has 0 aliphatic carbocycles. The number of carbonyl (C=O) groups excluding carboxylic acids is 1. The molecule has 0 bridgehead atoms. The molecule has 0 spiro atoms. The number of amides is 1. The third-order valence-corrected chi connectivity index (χ3v) is 2.41. The molecule has 0 fully saturated rings. The molecule has 98 valence electrons. The third kappa shape index (κ3) is 3.69. The minimum absolute atomic E-state index is 0.0519. The van der Waals surface area contributed by atoms with Gasteiger partial charge in [-0.15, -0.1) is 0 Å². The van der Waals surface area contributed by atoms with Gasteiger partial charge >= 0.3 is 0 Å². The van der Waals surface area contributed by atoms with Crippen LogP contribution in [0.5, 0.6) is 0 Å². The van der Waals surface area contributed by atoms with Crippen molar-refractivity contribution in [2.24, 2.45) is 0 Å². The molecule has 1 amide bonds. The Morgan fingerprint density at radius 3 is 2.89 bits per heavy atom. The van der Waals surface area contributed by atoms with E-state index >= 15 is 0 Å². The highest BCUT2D eigenvalue weighted by molar-refractivity contribution is 5.98. The summed E-state index contributed by atoms with van der Waals surface area (Å²) >= 11 is 0. The van der Waals surface area contributed by atoms with E-state index in [2.05, 4.69) is 17.2 Å². The molecule has 0 unspecified atom stereocenters. The number of rotatable bonds is 6. The number of nitro groups is 1. The molecule has 0 saturated heterocycles. The molecule has 0 aliphatic rings. The SMILES string of the molecule is CCCCCNC(=O)c1cc(N)ncc1[N+](=O)[O-]. The van der Waals surface area contributed by atoms with Gasteiger partial charge in [0.1, 0.15) is 17.6 Å². The molecular weight excluding hydrogens is 236 g/mol. The number of unbranched alkanes of at least 4 members (excludes halogenated alkanes) is 2. The van der Waals surface area contributed by atoms with Gasteiger partial charge in [0.15, 0.2) is 0 Å². The second-order valence-electron chi connectivity index (χ2n) is 3.85. The molecule has 0 atom stereocenters. The monoisotopic (exact) mass is 252 g/mol. The zero-order valence-corrected chi connectivity index (χ0v) is 10.2. The number of nitrogens with one attached hydrogen (secondary N) is 1. The van der Waals surface area contributed by atoms with Gasteiger partial charge in [-0.3, -0.25) is 14.9 Å². The van der Waals surface area contributed by atoms with Gasteiger partial charge in [0.25, 0.3) is 11.6 Å². The Morgan fingerprint density at radius 2 is 2.28 bits per heavy atom. The quantitative estimate of drug-likeness (QED) is 0.452. The molecule has 7 nitrogen and oxygen atoms in total. The molecule has 0 aliphatic heterocycles. The zero-order chi connectivity index (χ0) is 13.5. The summed E-state index contributed by atoms with van der Waals surface area (Å²) < 4.78 is 0. The van der Waals surface area contributed by atoms with E-state index in [4.69, 9.17) is 5.73 Å². The van der Waals surface area contributed by atoms with Crippen LogP contribution in [0.3, 0.4) is 0 Å². The molecule has 1 aromatic heterocycles. The van der Waals surface area contributed by atoms with E-state index in [-0.39, 0.29) is 17.1 Å². The van der Waals surface area contributed by atoms with E-state index in [1.807, 2.05) is 0 Å². The molecular formula is C11H16N4O3. The summed E-state index contributed by atoms with van der Waals surface area (Å²) in [7, 11) is 0. The second-order valence-corrected chi connectivity index (χ2v) is 3.85. The van der Waals surface area contributed by atoms with Crippen LogP contribution in [0.25, 0.3) is 0 Å². The van der Waals surface area contributed by atoms with Crippen molar-refractivity contribution in [1.82, 2.24) is 10.3 Å². The molecule has 1 aromatic rings. The molecule has 3 N–H and O–H groups in total. The Balaban J connectivity index is 2.77. The number of pyridine rings is 1. The van der Waals surface area contributed by atoms with E-state index in [1.54, 1.807) is 0 Å². The highest BCUT2D eigenvalue weighted by Crippen LogP contribution is 2.18. The van der Waals surface area contributed by atoms with Crippen LogP contribution in [0.15, 0.2) is 12.3 Å². The molecule has 18 heavy (non-hydrogen) atoms. The summed E-state index contributed by atoms with van der Waals surface area (Å²) in [6.45, 7) is 2.54. The van der Waals surface area contributed by atoms with Crippen LogP contribution < -0.4 is 11.1 Å². The van der Waals surface area contributed by atoms with Crippen molar-refractivity contribution in [2.45, 2.75) is 26.2 Å². The maximum Gasteiger partial charge on any atom is 0.300 e. The Labute approximate surface area is 105 Å². The lowest BCUT2D eigenvalue weighted by Gasteiger charge is -2.05. The largest absolute Gasteiger partial charge is 0.384 e. The number of carbonyl (C=O) groups is 1. The second kappa shape index (κ2) is 6.53. The van der Waals surface area contributed by atoms with Crippen molar-refractivity contribution in [3.05, 3.63) is 27.9 Å². The molecule has 7 heteroatoms. The smallest absolute Gasteiger partial charge is 0.300 e. The van der Waals surface area contributed by atoms with E-state index in [0.717, 1.165) is 25.5 Å². The lowest BCUT2D eigenvalue weighted by Crippen LogP contribution is -2.25. The minimum atomic E-state index is -0.645. The van der Waals surface area contributed by atoms with Crippen LogP contribution in [-0.4, -0.2) is 22.4 Å². The van der Waals surface area contributed by atoms with Crippen LogP contribution in [0.4, 0.5) is 11.5 Å². The molecule has 1 heterocycles. The van der Waals surface area contributed by atoms with Crippen LogP contribution in [0.1, 0.15) is 36.5 Å². The van der Waals surface area contributed by atoms with Gasteiger partial charge in [0.2, 0.25) is 0 Å². The Bertz CT molecular complexity index is 448. The van der Waals surface area contributed by atoms with E-state index in [9.17, 15) is 14.9 Å². The normalized spacial score (nSPS) is 10.1. The predicted molar refractivity (Wildman–Crippen MR) is 67.2 cm³/mol. The Kier molecular flexibility index (Phi) is 5.04. The fourth-order valence-electron chi connectivity index (χ4n) is 1.46. The average molecular weight is 252 g/mol. The van der Waals surface area contributed by atoms with E-state index in [0.29, 0.717) is 6.54 Å². The first-order valence-electron chi connectivity index (χ1n) is 5.74. The first kappa shape index (κ1) is 13.9. The lowest BCUT2D eigenvalue weighted by atomic mass is 10.2. The number of nitrogen functional groups attached to an aromatic ring is 1. The summed E-state index contributed by atoms with van der Waals surface area (Å²) in [5.74, 6) is -0.411. The van der Waals surface area contributed by atoms with Gasteiger partial charge in [-0.05, 0) is 12.5 Å². The summed E-state index contributed by atoms with van der Waals surface area (Å²) in [4.78, 5) is 25.5. The third-order valence-electron chi connectivity index (χ3n) is 2.41. The first-order chi connectivity index (χ1) is 8.56. The summed E-state index contributed by atoms with van der Waals surface area (Å²) in [6, 6.07) is 1.22. The van der Waals surface area contributed by atoms with Crippen molar-refractivity contribution in [2.75, 3.05) is 12.3 Å². The fraction of sp³-hybridized carbons (Fsp3) is 0.455. The standard InChI is InChI=1S/C11H16N4O3/c1-2-3-4-5-13-11(16)8-6-10(12)14-7-9(8)15(17)18/h6-7H,2-5H2,1H3,(H2,12,14)(H,13,16). The summed E-state index contributed by atoms with van der Waals surface area (Å²) in [5, 5.41) is 13.4. The Hall–Kier alpha value is -2.18. The first-order valence-corrected chi connectivity index (χ1v) is 5.74. The van der Waals surface area contributed by atoms with Gasteiger partial charge in [-0.1, -0.05) is 19.8 Å². The average Bonchev–Trinajstić information content (AvgIpc) is 2.34. The maximum atomic E-state index is 11.8. The van der Waals surface area contributed by atoms with Gasteiger partial charge in [-0.2, -0.15) is 0 Å². The van der Waals surface area contributed by atoms with Crippen molar-refractivity contribution in [3.63, 3.8) is 0 Å². The minimum Gasteiger partial charge on any atom is -0.384 e. The van der Waals surface area contributed by atoms with Crippen molar-refractivity contribution >= 4 is 17.4 Å². The van der Waals surface area contributed by atoms with Gasteiger partial charge in [-0.25, -0.2) is 4.98 Å². The summed E-state index contributed by atoms with van der Waals surface area (Å²) in [5.41, 5.74) is 5.04. The number of hydrogen-bond donors (Lipinski definition) is 2. The van der Waals surface area contributed by atoms with Crippen LogP contribution in [-0.2, 0) is 0 Å². The lowest BCUT2D eigenvalue weighted by molar-refractivity contribution is -0.385. The summed E-state index contributed by atoms with van der Waals surface area (Å²) in [6.07, 6.45) is 3.88. The van der Waals surface area contributed by atoms with E-state index < -0.39 is 10.8 Å². The molecule has 0 saturated carbocycles. The van der Waals surface area contributed by atoms with Crippen LogP contribution in [0.2, 0.25) is 0 Å². The molecule has 0 radical (unpaired) electrons. The van der Waals surface area contributed by atoms with Crippen LogP contribution in [0, 0.1) is 10.1 Å². The van der Waals surface area contributed by atoms with Gasteiger partial charge < -0.3 is 11.1 Å². The van der Waals surface area contributed by atoms with Crippen molar-refractivity contribution < 1.29 is 9.72 Å². The van der Waals surface area contributed by atoms with Crippen molar-refractivity contribution in [1.29, 1.82) is 0 Å². The van der Waals surface area contributed by atoms with Gasteiger partial charge in [0.05, 0.1) is 4.92 Å². The Morgan fingerprint density at radius 1 is 1.56 bits per heavy atom. The molecule has 0 aromatic carbocycles. The predicted octanol–water partition coefficient (Wildman–Crippen LogP) is 1.49. The number of anilines is 1. The topological polar surface area (TPSA) is 111 Å². The maximum absolute atomic E-state index is 11.8. The van der Waals surface area contributed by atoms with Gasteiger partial charge in [0, 0.05) is 6.54 Å². The number of hydrogen-bond acceptors (Lipinski definition) is 5. The zero-order valence-electron chi connectivity index (χ0n) is 10.2. The van der Waals surface area contributed by atoms with E-state index in [1.165, 1.54) is 6.07 Å². The van der Waals surface area contributed by atoms with Crippen LogP contribution >= 0.6 is 0 Å². The highest BCUT2D eigenvalue weighted by Gasteiger charge is 2.20. The number of aromatic nitrogens is 1. The highest BCUT2D eigenvalue weighted by atomic mass is 16.6. The van der Waals surface area contributed by atoms with Crippen molar-refractivity contribution in [3.8, 4) is 0 Å². The molecule has 1 rings (SSSR count). The fourth-order valence-corrected chi connectivity index (χ4v) is 1.46. The number of nitrogens with zero attached hydrogens (tertiary/aromatic N) is 2.